The Labute approximate surface area is 148 Å². The van der Waals surface area contributed by atoms with E-state index in [0.717, 1.165) is 25.8 Å². The zero-order valence-corrected chi connectivity index (χ0v) is 14.7. The molecule has 0 fully saturated rings. The van der Waals surface area contributed by atoms with Gasteiger partial charge < -0.3 is 9.88 Å². The van der Waals surface area contributed by atoms with Crippen LogP contribution in [0.25, 0.3) is 10.9 Å². The van der Waals surface area contributed by atoms with Gasteiger partial charge in [0.1, 0.15) is 0 Å². The van der Waals surface area contributed by atoms with E-state index < -0.39 is 0 Å². The third-order valence-electron chi connectivity index (χ3n) is 5.35. The smallest absolute Gasteiger partial charge is 0.226 e. The molecule has 1 aliphatic rings. The van der Waals surface area contributed by atoms with Crippen molar-refractivity contribution in [3.8, 4) is 0 Å². The van der Waals surface area contributed by atoms with Crippen molar-refractivity contribution in [2.24, 2.45) is 5.92 Å². The van der Waals surface area contributed by atoms with Gasteiger partial charge >= 0.3 is 0 Å². The minimum absolute atomic E-state index is 0.0929. The van der Waals surface area contributed by atoms with Crippen LogP contribution in [0.2, 0.25) is 0 Å². The second-order valence-electron chi connectivity index (χ2n) is 6.91. The molecule has 1 unspecified atom stereocenters. The summed E-state index contributed by atoms with van der Waals surface area (Å²) in [7, 11) is 0. The van der Waals surface area contributed by atoms with Crippen LogP contribution in [0.1, 0.15) is 30.2 Å². The molecule has 3 nitrogen and oxygen atoms in total. The number of benzene rings is 2. The van der Waals surface area contributed by atoms with Gasteiger partial charge in [-0.1, -0.05) is 48.5 Å². The molecular weight excluding hydrogens is 308 g/mol. The van der Waals surface area contributed by atoms with Crippen molar-refractivity contribution in [1.82, 2.24) is 9.88 Å². The maximum absolute atomic E-state index is 13.1. The second-order valence-corrected chi connectivity index (χ2v) is 6.91. The lowest BCUT2D eigenvalue weighted by atomic mass is 9.85. The van der Waals surface area contributed by atoms with Crippen molar-refractivity contribution in [1.29, 1.82) is 0 Å². The lowest BCUT2D eigenvalue weighted by Crippen LogP contribution is -2.37. The maximum atomic E-state index is 13.1. The summed E-state index contributed by atoms with van der Waals surface area (Å²) >= 11 is 0. The molecule has 0 bridgehead atoms. The van der Waals surface area contributed by atoms with Gasteiger partial charge in [-0.15, -0.1) is 0 Å². The fourth-order valence-electron chi connectivity index (χ4n) is 3.99. The number of hydrogen-bond donors (Lipinski definition) is 1. The number of hydrogen-bond acceptors (Lipinski definition) is 1. The maximum Gasteiger partial charge on any atom is 0.226 e. The molecule has 0 radical (unpaired) electrons. The third kappa shape index (κ3) is 3.07. The van der Waals surface area contributed by atoms with Crippen molar-refractivity contribution in [2.45, 2.75) is 32.7 Å². The van der Waals surface area contributed by atoms with Gasteiger partial charge in [0.25, 0.3) is 0 Å². The van der Waals surface area contributed by atoms with Gasteiger partial charge in [-0.3, -0.25) is 4.79 Å². The van der Waals surface area contributed by atoms with E-state index in [0.29, 0.717) is 12.5 Å². The third-order valence-corrected chi connectivity index (χ3v) is 5.35. The highest BCUT2D eigenvalue weighted by Gasteiger charge is 2.29. The van der Waals surface area contributed by atoms with Gasteiger partial charge in [-0.25, -0.2) is 0 Å². The average Bonchev–Trinajstić information content (AvgIpc) is 3.04. The number of carbonyl (C=O) groups is 1. The number of aromatic amines is 1. The molecular formula is C22H24N2O. The first-order valence-electron chi connectivity index (χ1n) is 9.17. The summed E-state index contributed by atoms with van der Waals surface area (Å²) in [6.45, 7) is 3.53. The zero-order valence-electron chi connectivity index (χ0n) is 14.7. The molecule has 128 valence electrons. The standard InChI is InChI=1S/C22H24N2O/c1-2-24(15-16-8-4-3-5-9-16)22(25)17-12-13-21-19(14-17)18-10-6-7-11-20(18)23-21/h3-11,17,23H,2,12-15H2,1H3. The van der Waals surface area contributed by atoms with Crippen molar-refractivity contribution < 1.29 is 4.79 Å². The van der Waals surface area contributed by atoms with Gasteiger partial charge in [0.2, 0.25) is 5.91 Å². The molecule has 0 aliphatic heterocycles. The molecule has 1 amide bonds. The Morgan fingerprint density at radius 1 is 1.12 bits per heavy atom. The molecule has 1 aliphatic carbocycles. The van der Waals surface area contributed by atoms with E-state index in [-0.39, 0.29) is 5.92 Å². The van der Waals surface area contributed by atoms with E-state index in [2.05, 4.69) is 48.3 Å². The summed E-state index contributed by atoms with van der Waals surface area (Å²) in [4.78, 5) is 18.7. The Morgan fingerprint density at radius 2 is 1.88 bits per heavy atom. The van der Waals surface area contributed by atoms with Crippen molar-refractivity contribution in [3.63, 3.8) is 0 Å². The van der Waals surface area contributed by atoms with Crippen LogP contribution in [-0.2, 0) is 24.2 Å². The van der Waals surface area contributed by atoms with Crippen LogP contribution in [0.4, 0.5) is 0 Å². The number of nitrogens with one attached hydrogen (secondary N) is 1. The molecule has 3 aromatic rings. The summed E-state index contributed by atoms with van der Waals surface area (Å²) in [5.41, 5.74) is 5.05. The number of aryl methyl sites for hydroxylation is 1. The Kier molecular flexibility index (Phi) is 4.31. The Balaban J connectivity index is 1.54. The highest BCUT2D eigenvalue weighted by Crippen LogP contribution is 2.32. The van der Waals surface area contributed by atoms with E-state index in [1.165, 1.54) is 27.7 Å². The Hall–Kier alpha value is -2.55. The van der Waals surface area contributed by atoms with Gasteiger partial charge in [0.15, 0.2) is 0 Å². The molecule has 25 heavy (non-hydrogen) atoms. The molecule has 1 atom stereocenters. The van der Waals surface area contributed by atoms with E-state index in [9.17, 15) is 4.79 Å². The first kappa shape index (κ1) is 15.9. The van der Waals surface area contributed by atoms with Crippen LogP contribution in [0.3, 0.4) is 0 Å². The predicted molar refractivity (Wildman–Crippen MR) is 101 cm³/mol. The van der Waals surface area contributed by atoms with Crippen molar-refractivity contribution in [2.75, 3.05) is 6.54 Å². The second kappa shape index (κ2) is 6.75. The number of rotatable bonds is 4. The summed E-state index contributed by atoms with van der Waals surface area (Å²) < 4.78 is 0. The number of para-hydroxylation sites is 1. The largest absolute Gasteiger partial charge is 0.358 e. The van der Waals surface area contributed by atoms with Gasteiger partial charge in [0.05, 0.1) is 0 Å². The van der Waals surface area contributed by atoms with Crippen LogP contribution in [0.15, 0.2) is 54.6 Å². The molecule has 1 heterocycles. The monoisotopic (exact) mass is 332 g/mol. The summed E-state index contributed by atoms with van der Waals surface area (Å²) in [6.07, 6.45) is 2.75. The van der Waals surface area contributed by atoms with E-state index >= 15 is 0 Å². The molecule has 3 heteroatoms. The first-order chi connectivity index (χ1) is 12.3. The normalized spacial score (nSPS) is 16.6. The molecule has 0 spiro atoms. The number of carbonyl (C=O) groups excluding carboxylic acids is 1. The minimum atomic E-state index is 0.0929. The van der Waals surface area contributed by atoms with Crippen LogP contribution < -0.4 is 0 Å². The van der Waals surface area contributed by atoms with Crippen LogP contribution in [-0.4, -0.2) is 22.3 Å². The van der Waals surface area contributed by atoms with Gasteiger partial charge in [-0.05, 0) is 43.4 Å². The molecule has 2 aromatic carbocycles. The number of H-pyrrole nitrogens is 1. The Morgan fingerprint density at radius 3 is 2.68 bits per heavy atom. The molecule has 0 saturated heterocycles. The molecule has 1 N–H and O–H groups in total. The number of fused-ring (bicyclic) bond motifs is 3. The SMILES string of the molecule is CCN(Cc1ccccc1)C(=O)C1CCc2[nH]c3ccccc3c2C1. The topological polar surface area (TPSA) is 36.1 Å². The number of nitrogens with zero attached hydrogens (tertiary/aromatic N) is 1. The molecule has 4 rings (SSSR count). The first-order valence-corrected chi connectivity index (χ1v) is 9.17. The van der Waals surface area contributed by atoms with Crippen LogP contribution >= 0.6 is 0 Å². The lowest BCUT2D eigenvalue weighted by molar-refractivity contribution is -0.136. The molecule has 0 saturated carbocycles. The van der Waals surface area contributed by atoms with Gasteiger partial charge in [0, 0.05) is 35.6 Å². The quantitative estimate of drug-likeness (QED) is 0.759. The van der Waals surface area contributed by atoms with Crippen molar-refractivity contribution >= 4 is 16.8 Å². The van der Waals surface area contributed by atoms with E-state index in [1.54, 1.807) is 0 Å². The number of amides is 1. The van der Waals surface area contributed by atoms with E-state index in [4.69, 9.17) is 0 Å². The zero-order chi connectivity index (χ0) is 17.2. The van der Waals surface area contributed by atoms with E-state index in [1.807, 2.05) is 23.1 Å². The van der Waals surface area contributed by atoms with Crippen LogP contribution in [0, 0.1) is 5.92 Å². The summed E-state index contributed by atoms with van der Waals surface area (Å²) in [6, 6.07) is 18.7. The average molecular weight is 332 g/mol. The van der Waals surface area contributed by atoms with Crippen molar-refractivity contribution in [3.05, 3.63) is 71.4 Å². The molecule has 1 aromatic heterocycles. The van der Waals surface area contributed by atoms with Gasteiger partial charge in [-0.2, -0.15) is 0 Å². The highest BCUT2D eigenvalue weighted by molar-refractivity contribution is 5.87. The number of aromatic nitrogens is 1. The predicted octanol–water partition coefficient (Wildman–Crippen LogP) is 4.32. The summed E-state index contributed by atoms with van der Waals surface area (Å²) in [5.74, 6) is 0.387. The summed E-state index contributed by atoms with van der Waals surface area (Å²) in [5, 5.41) is 1.28. The fourth-order valence-corrected chi connectivity index (χ4v) is 3.99. The highest BCUT2D eigenvalue weighted by atomic mass is 16.2. The minimum Gasteiger partial charge on any atom is -0.358 e. The Bertz CT molecular complexity index is 881. The lowest BCUT2D eigenvalue weighted by Gasteiger charge is -2.29. The van der Waals surface area contributed by atoms with Crippen LogP contribution in [0.5, 0.6) is 0 Å². The fraction of sp³-hybridized carbons (Fsp3) is 0.318.